The summed E-state index contributed by atoms with van der Waals surface area (Å²) in [5.74, 6) is 1.18. The third kappa shape index (κ3) is 3.36. The maximum Gasteiger partial charge on any atom is 0.416 e. The first-order chi connectivity index (χ1) is 8.87. The van der Waals surface area contributed by atoms with Crippen LogP contribution in [0, 0.1) is 6.92 Å². The number of ether oxygens (including phenoxy) is 2. The van der Waals surface area contributed by atoms with Crippen LogP contribution in [0.5, 0.6) is 5.75 Å². The standard InChI is InChI=1S/C14H20N2O3/c1-10-8-11-12(15-9-10)16(6-5-7-18-11)13(17)19-14(2,3)4/h8-9H,5-7H2,1-4H3. The molecule has 0 aromatic carbocycles. The number of carbonyl (C=O) groups is 1. The number of pyridine rings is 1. The van der Waals surface area contributed by atoms with Crippen molar-refractivity contribution in [1.29, 1.82) is 0 Å². The molecule has 0 saturated heterocycles. The summed E-state index contributed by atoms with van der Waals surface area (Å²) in [6.45, 7) is 8.63. The normalized spacial score (nSPS) is 15.3. The average molecular weight is 264 g/mol. The Morgan fingerprint density at radius 2 is 2.21 bits per heavy atom. The smallest absolute Gasteiger partial charge is 0.416 e. The molecule has 5 nitrogen and oxygen atoms in total. The summed E-state index contributed by atoms with van der Waals surface area (Å²) in [5, 5.41) is 0. The number of hydrogen-bond acceptors (Lipinski definition) is 4. The molecule has 0 fully saturated rings. The number of anilines is 1. The Labute approximate surface area is 113 Å². The molecule has 5 heteroatoms. The molecular weight excluding hydrogens is 244 g/mol. The topological polar surface area (TPSA) is 51.7 Å². The van der Waals surface area contributed by atoms with Crippen LogP contribution >= 0.6 is 0 Å². The molecule has 0 saturated carbocycles. The van der Waals surface area contributed by atoms with Crippen molar-refractivity contribution in [3.05, 3.63) is 17.8 Å². The Morgan fingerprint density at radius 3 is 2.89 bits per heavy atom. The van der Waals surface area contributed by atoms with Crippen LogP contribution in [0.3, 0.4) is 0 Å². The molecule has 0 aliphatic carbocycles. The van der Waals surface area contributed by atoms with E-state index >= 15 is 0 Å². The second-order valence-corrected chi connectivity index (χ2v) is 5.67. The molecule has 1 amide bonds. The van der Waals surface area contributed by atoms with Gasteiger partial charge in [-0.25, -0.2) is 9.78 Å². The second-order valence-electron chi connectivity index (χ2n) is 5.67. The van der Waals surface area contributed by atoms with Gasteiger partial charge >= 0.3 is 6.09 Å². The van der Waals surface area contributed by atoms with Crippen molar-refractivity contribution in [2.75, 3.05) is 18.1 Å². The first kappa shape index (κ1) is 13.6. The van der Waals surface area contributed by atoms with Gasteiger partial charge in [0.1, 0.15) is 5.60 Å². The second kappa shape index (κ2) is 5.07. The largest absolute Gasteiger partial charge is 0.490 e. The zero-order valence-corrected chi connectivity index (χ0v) is 11.9. The molecule has 104 valence electrons. The third-order valence-corrected chi connectivity index (χ3v) is 2.62. The highest BCUT2D eigenvalue weighted by Gasteiger charge is 2.28. The first-order valence-electron chi connectivity index (χ1n) is 6.47. The highest BCUT2D eigenvalue weighted by atomic mass is 16.6. The van der Waals surface area contributed by atoms with Crippen LogP contribution in [0.25, 0.3) is 0 Å². The molecule has 19 heavy (non-hydrogen) atoms. The van der Waals surface area contributed by atoms with Gasteiger partial charge in [0.15, 0.2) is 11.6 Å². The maximum atomic E-state index is 12.2. The lowest BCUT2D eigenvalue weighted by atomic mass is 10.2. The van der Waals surface area contributed by atoms with Crippen LogP contribution < -0.4 is 9.64 Å². The molecule has 0 N–H and O–H groups in total. The molecule has 2 rings (SSSR count). The van der Waals surface area contributed by atoms with Crippen LogP contribution in [-0.2, 0) is 4.74 Å². The van der Waals surface area contributed by atoms with Crippen molar-refractivity contribution in [3.8, 4) is 5.75 Å². The first-order valence-corrected chi connectivity index (χ1v) is 6.47. The molecule has 0 radical (unpaired) electrons. The summed E-state index contributed by atoms with van der Waals surface area (Å²) in [6, 6.07) is 1.89. The van der Waals surface area contributed by atoms with Gasteiger partial charge < -0.3 is 9.47 Å². The summed E-state index contributed by atoms with van der Waals surface area (Å²) in [6.07, 6.45) is 2.11. The number of aryl methyl sites for hydroxylation is 1. The lowest BCUT2D eigenvalue weighted by Crippen LogP contribution is -2.37. The van der Waals surface area contributed by atoms with E-state index in [9.17, 15) is 4.79 Å². The van der Waals surface area contributed by atoms with Crippen LogP contribution in [-0.4, -0.2) is 29.8 Å². The van der Waals surface area contributed by atoms with E-state index in [0.29, 0.717) is 24.7 Å². The minimum Gasteiger partial charge on any atom is -0.490 e. The SMILES string of the molecule is Cc1cnc2c(c1)OCCCN2C(=O)OC(C)(C)C. The summed E-state index contributed by atoms with van der Waals surface area (Å²) in [7, 11) is 0. The zero-order chi connectivity index (χ0) is 14.0. The van der Waals surface area contributed by atoms with E-state index in [1.165, 1.54) is 0 Å². The molecule has 2 heterocycles. The molecule has 0 unspecified atom stereocenters. The minimum absolute atomic E-state index is 0.379. The Morgan fingerprint density at radius 1 is 1.47 bits per heavy atom. The number of nitrogens with zero attached hydrogens (tertiary/aromatic N) is 2. The number of amides is 1. The third-order valence-electron chi connectivity index (χ3n) is 2.62. The zero-order valence-electron chi connectivity index (χ0n) is 11.9. The van der Waals surface area contributed by atoms with Gasteiger partial charge in [-0.05, 0) is 45.7 Å². The Hall–Kier alpha value is -1.78. The highest BCUT2D eigenvalue weighted by molar-refractivity contribution is 5.88. The molecule has 1 aliphatic rings. The van der Waals surface area contributed by atoms with Crippen molar-refractivity contribution in [2.24, 2.45) is 0 Å². The number of aromatic nitrogens is 1. The summed E-state index contributed by atoms with van der Waals surface area (Å²) in [4.78, 5) is 18.1. The summed E-state index contributed by atoms with van der Waals surface area (Å²) < 4.78 is 11.0. The number of hydrogen-bond donors (Lipinski definition) is 0. The monoisotopic (exact) mass is 264 g/mol. The van der Waals surface area contributed by atoms with Gasteiger partial charge in [0.2, 0.25) is 0 Å². The quantitative estimate of drug-likeness (QED) is 0.723. The summed E-state index contributed by atoms with van der Waals surface area (Å²) >= 11 is 0. The molecule has 0 spiro atoms. The molecule has 1 aromatic heterocycles. The van der Waals surface area contributed by atoms with Gasteiger partial charge in [0.05, 0.1) is 6.61 Å². The van der Waals surface area contributed by atoms with Gasteiger partial charge in [0, 0.05) is 12.7 Å². The van der Waals surface area contributed by atoms with Crippen molar-refractivity contribution >= 4 is 11.9 Å². The van der Waals surface area contributed by atoms with E-state index in [2.05, 4.69) is 4.98 Å². The van der Waals surface area contributed by atoms with Gasteiger partial charge in [0.25, 0.3) is 0 Å². The van der Waals surface area contributed by atoms with Crippen LogP contribution in [0.1, 0.15) is 32.8 Å². The predicted molar refractivity (Wildman–Crippen MR) is 72.7 cm³/mol. The summed E-state index contributed by atoms with van der Waals surface area (Å²) in [5.41, 5.74) is 0.486. The van der Waals surface area contributed by atoms with Crippen molar-refractivity contribution in [2.45, 2.75) is 39.7 Å². The van der Waals surface area contributed by atoms with Gasteiger partial charge in [-0.1, -0.05) is 0 Å². The molecule has 1 aliphatic heterocycles. The van der Waals surface area contributed by atoms with Crippen molar-refractivity contribution < 1.29 is 14.3 Å². The van der Waals surface area contributed by atoms with E-state index < -0.39 is 5.60 Å². The fraction of sp³-hybridized carbons (Fsp3) is 0.571. The Bertz CT molecular complexity index is 480. The maximum absolute atomic E-state index is 12.2. The Kier molecular flexibility index (Phi) is 3.64. The Balaban J connectivity index is 2.29. The van der Waals surface area contributed by atoms with E-state index in [1.807, 2.05) is 33.8 Å². The minimum atomic E-state index is -0.519. The lowest BCUT2D eigenvalue weighted by Gasteiger charge is -2.26. The fourth-order valence-electron chi connectivity index (χ4n) is 1.85. The van der Waals surface area contributed by atoms with E-state index in [-0.39, 0.29) is 6.09 Å². The fourth-order valence-corrected chi connectivity index (χ4v) is 1.85. The van der Waals surface area contributed by atoms with Crippen molar-refractivity contribution in [3.63, 3.8) is 0 Å². The molecular formula is C14H20N2O3. The lowest BCUT2D eigenvalue weighted by molar-refractivity contribution is 0.0579. The van der Waals surface area contributed by atoms with E-state index in [0.717, 1.165) is 12.0 Å². The van der Waals surface area contributed by atoms with Crippen LogP contribution in [0.15, 0.2) is 12.3 Å². The molecule has 1 aromatic rings. The number of rotatable bonds is 0. The van der Waals surface area contributed by atoms with Gasteiger partial charge in [-0.2, -0.15) is 0 Å². The molecule has 0 bridgehead atoms. The van der Waals surface area contributed by atoms with E-state index in [1.54, 1.807) is 11.1 Å². The van der Waals surface area contributed by atoms with Crippen molar-refractivity contribution in [1.82, 2.24) is 4.98 Å². The van der Waals surface area contributed by atoms with E-state index in [4.69, 9.17) is 9.47 Å². The average Bonchev–Trinajstić information content (AvgIpc) is 2.48. The van der Waals surface area contributed by atoms with Crippen LogP contribution in [0.4, 0.5) is 10.6 Å². The number of fused-ring (bicyclic) bond motifs is 1. The highest BCUT2D eigenvalue weighted by Crippen LogP contribution is 2.30. The predicted octanol–water partition coefficient (Wildman–Crippen LogP) is 2.91. The van der Waals surface area contributed by atoms with Gasteiger partial charge in [-0.15, -0.1) is 0 Å². The number of carbonyl (C=O) groups excluding carboxylic acids is 1. The van der Waals surface area contributed by atoms with Crippen LogP contribution in [0.2, 0.25) is 0 Å². The van der Waals surface area contributed by atoms with Gasteiger partial charge in [-0.3, -0.25) is 4.90 Å². The molecule has 0 atom stereocenters.